The molecule has 2 aliphatic rings. The Hall–Kier alpha value is -1.07. The fourth-order valence-electron chi connectivity index (χ4n) is 3.58. The molecular weight excluding hydrogens is 320 g/mol. The molecule has 2 fully saturated rings. The molecule has 2 saturated heterocycles. The van der Waals surface area contributed by atoms with Gasteiger partial charge in [-0.05, 0) is 44.0 Å². The summed E-state index contributed by atoms with van der Waals surface area (Å²) < 4.78 is 0.960. The molecule has 5 heteroatoms. The number of hydrogen-bond donors (Lipinski definition) is 2. The molecule has 3 rings (SSSR count). The summed E-state index contributed by atoms with van der Waals surface area (Å²) in [5.74, 6) is -0.730. The van der Waals surface area contributed by atoms with Gasteiger partial charge in [-0.15, -0.1) is 0 Å². The van der Waals surface area contributed by atoms with E-state index in [0.717, 1.165) is 36.1 Å². The maximum Gasteiger partial charge on any atom is 0.331 e. The molecule has 2 unspecified atom stereocenters. The number of hydrogen-bond acceptors (Lipinski definition) is 3. The van der Waals surface area contributed by atoms with Gasteiger partial charge in [-0.1, -0.05) is 28.4 Å². The van der Waals surface area contributed by atoms with Crippen LogP contribution in [0.25, 0.3) is 0 Å². The van der Waals surface area contributed by atoms with Crippen LogP contribution in [0.1, 0.15) is 25.7 Å². The fraction of sp³-hybridized carbons (Fsp3) is 0.533. The third-order valence-corrected chi connectivity index (χ3v) is 5.04. The molecule has 2 atom stereocenters. The van der Waals surface area contributed by atoms with Crippen LogP contribution in [0.5, 0.6) is 0 Å². The topological polar surface area (TPSA) is 52.6 Å². The predicted octanol–water partition coefficient (Wildman–Crippen LogP) is 2.94. The lowest BCUT2D eigenvalue weighted by atomic mass is 9.85. The highest BCUT2D eigenvalue weighted by Crippen LogP contribution is 2.38. The molecule has 0 spiro atoms. The second-order valence-corrected chi connectivity index (χ2v) is 6.63. The maximum absolute atomic E-state index is 12.0. The van der Waals surface area contributed by atoms with Crippen LogP contribution in [0.2, 0.25) is 0 Å². The van der Waals surface area contributed by atoms with Crippen LogP contribution in [0, 0.1) is 0 Å². The quantitative estimate of drug-likeness (QED) is 0.889. The van der Waals surface area contributed by atoms with E-state index in [4.69, 9.17) is 0 Å². The van der Waals surface area contributed by atoms with E-state index in [0.29, 0.717) is 6.42 Å². The summed E-state index contributed by atoms with van der Waals surface area (Å²) in [6.45, 7) is 1.90. The zero-order chi connectivity index (χ0) is 14.2. The summed E-state index contributed by atoms with van der Waals surface area (Å²) in [5.41, 5.74) is 0.0236. The highest BCUT2D eigenvalue weighted by Gasteiger charge is 2.53. The van der Waals surface area contributed by atoms with Gasteiger partial charge in [0.2, 0.25) is 0 Å². The van der Waals surface area contributed by atoms with Gasteiger partial charge in [-0.25, -0.2) is 4.79 Å². The Kier molecular flexibility index (Phi) is 3.73. The number of piperidine rings is 1. The molecule has 0 radical (unpaired) electrons. The van der Waals surface area contributed by atoms with Gasteiger partial charge in [0.25, 0.3) is 0 Å². The number of fused-ring (bicyclic) bond motifs is 1. The second-order valence-electron chi connectivity index (χ2n) is 5.71. The van der Waals surface area contributed by atoms with Crippen molar-refractivity contribution >= 4 is 27.6 Å². The highest BCUT2D eigenvalue weighted by molar-refractivity contribution is 9.10. The Balaban J connectivity index is 1.90. The predicted molar refractivity (Wildman–Crippen MR) is 82.0 cm³/mol. The first-order valence-electron chi connectivity index (χ1n) is 7.13. The van der Waals surface area contributed by atoms with Crippen molar-refractivity contribution < 1.29 is 9.90 Å². The number of aliphatic carboxylic acids is 1. The van der Waals surface area contributed by atoms with Crippen LogP contribution in [0.3, 0.4) is 0 Å². The Morgan fingerprint density at radius 2 is 2.25 bits per heavy atom. The van der Waals surface area contributed by atoms with Gasteiger partial charge < -0.3 is 10.4 Å². The van der Waals surface area contributed by atoms with E-state index in [1.165, 1.54) is 6.42 Å². The molecule has 108 valence electrons. The molecule has 2 heterocycles. The zero-order valence-electron chi connectivity index (χ0n) is 11.3. The van der Waals surface area contributed by atoms with Gasteiger partial charge in [0, 0.05) is 22.7 Å². The number of carboxylic acids is 1. The van der Waals surface area contributed by atoms with Crippen LogP contribution in [-0.4, -0.2) is 40.6 Å². The Labute approximate surface area is 127 Å². The normalized spacial score (nSPS) is 29.9. The average molecular weight is 339 g/mol. The van der Waals surface area contributed by atoms with Crippen molar-refractivity contribution in [1.82, 2.24) is 4.90 Å². The van der Waals surface area contributed by atoms with Crippen molar-refractivity contribution in [2.75, 3.05) is 18.4 Å². The van der Waals surface area contributed by atoms with Crippen LogP contribution < -0.4 is 5.32 Å². The number of carbonyl (C=O) groups is 1. The largest absolute Gasteiger partial charge is 0.479 e. The minimum Gasteiger partial charge on any atom is -0.479 e. The number of rotatable bonds is 3. The zero-order valence-corrected chi connectivity index (χ0v) is 12.9. The smallest absolute Gasteiger partial charge is 0.331 e. The molecule has 0 aliphatic carbocycles. The number of nitrogens with one attached hydrogen (secondary N) is 1. The van der Waals surface area contributed by atoms with E-state index in [1.54, 1.807) is 0 Å². The van der Waals surface area contributed by atoms with Crippen LogP contribution in [0.4, 0.5) is 5.69 Å². The van der Waals surface area contributed by atoms with Crippen molar-refractivity contribution in [3.05, 3.63) is 28.7 Å². The minimum atomic E-state index is -0.846. The molecule has 20 heavy (non-hydrogen) atoms. The lowest BCUT2D eigenvalue weighted by Gasteiger charge is -2.39. The number of benzene rings is 1. The van der Waals surface area contributed by atoms with Crippen molar-refractivity contribution in [2.45, 2.75) is 37.3 Å². The monoisotopic (exact) mass is 338 g/mol. The molecule has 0 saturated carbocycles. The molecular formula is C15H19BrN2O2. The summed E-state index contributed by atoms with van der Waals surface area (Å²) in [7, 11) is 0. The summed E-state index contributed by atoms with van der Waals surface area (Å²) in [4.78, 5) is 14.3. The summed E-state index contributed by atoms with van der Waals surface area (Å²) in [6.07, 6.45) is 3.94. The second kappa shape index (κ2) is 5.37. The molecule has 2 N–H and O–H groups in total. The Bertz CT molecular complexity index is 522. The van der Waals surface area contributed by atoms with E-state index >= 15 is 0 Å². The molecule has 0 amide bonds. The third-order valence-electron chi connectivity index (χ3n) is 4.55. The van der Waals surface area contributed by atoms with Gasteiger partial charge >= 0.3 is 5.97 Å². The lowest BCUT2D eigenvalue weighted by Crippen LogP contribution is -2.57. The molecule has 2 aliphatic heterocycles. The third kappa shape index (κ3) is 2.33. The highest BCUT2D eigenvalue weighted by atomic mass is 79.9. The van der Waals surface area contributed by atoms with E-state index in [9.17, 15) is 9.90 Å². The lowest BCUT2D eigenvalue weighted by molar-refractivity contribution is -0.143. The molecule has 1 aromatic carbocycles. The standard InChI is InChI=1S/C15H19BrN2O2/c16-11-4-3-5-12(10-11)17-15(14(19)20)7-9-18-8-2-1-6-13(15)18/h3-5,10,13,17H,1-2,6-9H2,(H,19,20). The summed E-state index contributed by atoms with van der Waals surface area (Å²) in [5, 5.41) is 13.2. The Morgan fingerprint density at radius 3 is 3.00 bits per heavy atom. The Morgan fingerprint density at radius 1 is 1.40 bits per heavy atom. The molecule has 1 aromatic rings. The molecule has 0 aromatic heterocycles. The number of carboxylic acid groups (broad SMARTS) is 1. The van der Waals surface area contributed by atoms with Crippen LogP contribution in [-0.2, 0) is 4.79 Å². The van der Waals surface area contributed by atoms with Crippen LogP contribution >= 0.6 is 15.9 Å². The van der Waals surface area contributed by atoms with Crippen molar-refractivity contribution in [3.8, 4) is 0 Å². The van der Waals surface area contributed by atoms with Crippen molar-refractivity contribution in [1.29, 1.82) is 0 Å². The van der Waals surface area contributed by atoms with E-state index < -0.39 is 11.5 Å². The number of halogens is 1. The summed E-state index contributed by atoms with van der Waals surface area (Å²) in [6, 6.07) is 7.85. The van der Waals surface area contributed by atoms with E-state index in [1.807, 2.05) is 24.3 Å². The van der Waals surface area contributed by atoms with E-state index in [-0.39, 0.29) is 6.04 Å². The van der Waals surface area contributed by atoms with Crippen molar-refractivity contribution in [2.24, 2.45) is 0 Å². The number of nitrogens with zero attached hydrogens (tertiary/aromatic N) is 1. The van der Waals surface area contributed by atoms with Crippen molar-refractivity contribution in [3.63, 3.8) is 0 Å². The van der Waals surface area contributed by atoms with Gasteiger partial charge in [-0.3, -0.25) is 4.90 Å². The first-order valence-corrected chi connectivity index (χ1v) is 7.92. The van der Waals surface area contributed by atoms with Gasteiger partial charge in [0.05, 0.1) is 0 Å². The van der Waals surface area contributed by atoms with Gasteiger partial charge in [0.15, 0.2) is 5.54 Å². The maximum atomic E-state index is 12.0. The first kappa shape index (κ1) is 13.9. The minimum absolute atomic E-state index is 0.104. The fourth-order valence-corrected chi connectivity index (χ4v) is 3.98. The first-order chi connectivity index (χ1) is 9.62. The summed E-state index contributed by atoms with van der Waals surface area (Å²) >= 11 is 3.44. The SMILES string of the molecule is O=C(O)C1(Nc2cccc(Br)c2)CCN2CCCCC21. The van der Waals surface area contributed by atoms with Crippen LogP contribution in [0.15, 0.2) is 28.7 Å². The van der Waals surface area contributed by atoms with Gasteiger partial charge in [-0.2, -0.15) is 0 Å². The average Bonchev–Trinajstić information content (AvgIpc) is 2.79. The van der Waals surface area contributed by atoms with E-state index in [2.05, 4.69) is 26.1 Å². The molecule has 4 nitrogen and oxygen atoms in total. The number of anilines is 1. The van der Waals surface area contributed by atoms with Gasteiger partial charge in [0.1, 0.15) is 0 Å². The molecule has 0 bridgehead atoms.